The molecule has 0 N–H and O–H groups in total. The second-order valence-corrected chi connectivity index (χ2v) is 9.50. The summed E-state index contributed by atoms with van der Waals surface area (Å²) < 4.78 is 36.3. The quantitative estimate of drug-likeness (QED) is 0.374. The van der Waals surface area contributed by atoms with Crippen molar-refractivity contribution in [2.24, 2.45) is 0 Å². The fraction of sp³-hybridized carbons (Fsp3) is 0.250. The summed E-state index contributed by atoms with van der Waals surface area (Å²) in [6.45, 7) is 1.64. The van der Waals surface area contributed by atoms with Crippen molar-refractivity contribution in [1.82, 2.24) is 0 Å². The van der Waals surface area contributed by atoms with Crippen LogP contribution in [0.25, 0.3) is 0 Å². The Morgan fingerprint density at radius 3 is 1.53 bits per heavy atom. The minimum Gasteiger partial charge on any atom is -0.413 e. The van der Waals surface area contributed by atoms with Crippen LogP contribution in [-0.4, -0.2) is 25.4 Å². The molecule has 2 atom stereocenters. The van der Waals surface area contributed by atoms with E-state index in [1.165, 1.54) is 0 Å². The summed E-state index contributed by atoms with van der Waals surface area (Å²) >= 11 is 0. The summed E-state index contributed by atoms with van der Waals surface area (Å²) in [5, 5.41) is 0.510. The smallest absolute Gasteiger partial charge is 0.413 e. The van der Waals surface area contributed by atoms with Gasteiger partial charge in [-0.15, -0.1) is 0 Å². The van der Waals surface area contributed by atoms with E-state index in [9.17, 15) is 4.57 Å². The molecule has 2 heterocycles. The molecule has 2 unspecified atom stereocenters. The zero-order valence-corrected chi connectivity index (χ0v) is 17.4. The number of ether oxygens (including phenoxy) is 2. The molecule has 30 heavy (non-hydrogen) atoms. The zero-order valence-electron chi connectivity index (χ0n) is 16.5. The standard InChI is InChI=1S/C24H23O5P/c25-30(24-4-2-1-3-5-24,28-20-10-6-18(7-11-20)14-22-16-26-22)29-21-12-8-19(9-13-21)15-23-17-27-23/h1-13,22-23H,14-17H2. The van der Waals surface area contributed by atoms with Crippen molar-refractivity contribution in [3.63, 3.8) is 0 Å². The molecular weight excluding hydrogens is 399 g/mol. The van der Waals surface area contributed by atoms with Crippen LogP contribution in [0.15, 0.2) is 78.9 Å². The van der Waals surface area contributed by atoms with Crippen LogP contribution >= 0.6 is 7.60 Å². The van der Waals surface area contributed by atoms with Gasteiger partial charge in [0, 0.05) is 12.8 Å². The second kappa shape index (κ2) is 8.27. The highest BCUT2D eigenvalue weighted by atomic mass is 31.2. The minimum atomic E-state index is -3.63. The highest BCUT2D eigenvalue weighted by Gasteiger charge is 2.31. The van der Waals surface area contributed by atoms with Crippen LogP contribution in [0, 0.1) is 0 Å². The minimum absolute atomic E-state index is 0.324. The van der Waals surface area contributed by atoms with Crippen molar-refractivity contribution in [1.29, 1.82) is 0 Å². The van der Waals surface area contributed by atoms with Gasteiger partial charge in [0.25, 0.3) is 0 Å². The fourth-order valence-electron chi connectivity index (χ4n) is 3.28. The Balaban J connectivity index is 1.35. The Morgan fingerprint density at radius 2 is 1.13 bits per heavy atom. The normalized spacial score (nSPS) is 21.5. The number of hydrogen-bond acceptors (Lipinski definition) is 5. The van der Waals surface area contributed by atoms with Crippen molar-refractivity contribution >= 4 is 12.9 Å². The van der Waals surface area contributed by atoms with Gasteiger partial charge < -0.3 is 18.5 Å². The van der Waals surface area contributed by atoms with E-state index in [1.807, 2.05) is 66.7 Å². The van der Waals surface area contributed by atoms with E-state index in [-0.39, 0.29) is 0 Å². The van der Waals surface area contributed by atoms with Crippen molar-refractivity contribution in [3.05, 3.63) is 90.0 Å². The van der Waals surface area contributed by atoms with Gasteiger partial charge in [0.15, 0.2) is 0 Å². The third-order valence-corrected chi connectivity index (χ3v) is 6.93. The lowest BCUT2D eigenvalue weighted by molar-refractivity contribution is 0.398. The first-order valence-corrected chi connectivity index (χ1v) is 11.7. The molecule has 0 amide bonds. The maximum atomic E-state index is 13.8. The number of rotatable bonds is 9. The Bertz CT molecular complexity index is 962. The molecule has 3 aromatic rings. The Morgan fingerprint density at radius 1 is 0.700 bits per heavy atom. The molecule has 0 bridgehead atoms. The van der Waals surface area contributed by atoms with E-state index < -0.39 is 7.60 Å². The molecule has 5 nitrogen and oxygen atoms in total. The molecule has 3 aromatic carbocycles. The molecular formula is C24H23O5P. The first kappa shape index (κ1) is 19.4. The van der Waals surface area contributed by atoms with Gasteiger partial charge in [-0.25, -0.2) is 4.57 Å². The van der Waals surface area contributed by atoms with Crippen LogP contribution in [0.5, 0.6) is 11.5 Å². The molecule has 0 radical (unpaired) electrons. The topological polar surface area (TPSA) is 60.6 Å². The van der Waals surface area contributed by atoms with Gasteiger partial charge in [-0.1, -0.05) is 42.5 Å². The van der Waals surface area contributed by atoms with Crippen molar-refractivity contribution in [2.75, 3.05) is 13.2 Å². The second-order valence-electron chi connectivity index (χ2n) is 7.62. The predicted molar refractivity (Wildman–Crippen MR) is 115 cm³/mol. The van der Waals surface area contributed by atoms with Crippen molar-refractivity contribution in [2.45, 2.75) is 25.0 Å². The number of epoxide rings is 2. The summed E-state index contributed by atoms with van der Waals surface area (Å²) in [4.78, 5) is 0. The first-order valence-electron chi connectivity index (χ1n) is 10.1. The Kier molecular flexibility index (Phi) is 5.34. The van der Waals surface area contributed by atoms with Gasteiger partial charge >= 0.3 is 7.60 Å². The highest BCUT2D eigenvalue weighted by Crippen LogP contribution is 2.47. The van der Waals surface area contributed by atoms with E-state index in [1.54, 1.807) is 12.1 Å². The van der Waals surface area contributed by atoms with Crippen LogP contribution < -0.4 is 14.4 Å². The average molecular weight is 422 g/mol. The van der Waals surface area contributed by atoms with Crippen molar-refractivity contribution in [3.8, 4) is 11.5 Å². The SMILES string of the molecule is O=P(Oc1ccc(CC2CO2)cc1)(Oc1ccc(CC2CO2)cc1)c1ccccc1. The van der Waals surface area contributed by atoms with E-state index in [2.05, 4.69) is 0 Å². The Hall–Kier alpha value is -2.59. The molecule has 0 saturated carbocycles. The lowest BCUT2D eigenvalue weighted by Gasteiger charge is -2.20. The maximum absolute atomic E-state index is 13.8. The zero-order chi connectivity index (χ0) is 20.4. The molecule has 5 rings (SSSR count). The summed E-state index contributed by atoms with van der Waals surface area (Å²) in [5.41, 5.74) is 2.33. The van der Waals surface area contributed by atoms with Crippen LogP contribution in [0.3, 0.4) is 0 Å². The van der Waals surface area contributed by atoms with E-state index in [4.69, 9.17) is 18.5 Å². The molecule has 0 aliphatic carbocycles. The lowest BCUT2D eigenvalue weighted by atomic mass is 10.1. The molecule has 154 valence electrons. The summed E-state index contributed by atoms with van der Waals surface area (Å²) in [6, 6.07) is 24.3. The monoisotopic (exact) mass is 422 g/mol. The molecule has 0 spiro atoms. The molecule has 2 aliphatic heterocycles. The summed E-state index contributed by atoms with van der Waals surface area (Å²) in [5.74, 6) is 1.01. The molecule has 2 fully saturated rings. The Labute approximate surface area is 176 Å². The molecule has 6 heteroatoms. The average Bonchev–Trinajstić information content (AvgIpc) is 3.69. The van der Waals surface area contributed by atoms with Crippen molar-refractivity contribution < 1.29 is 23.1 Å². The summed E-state index contributed by atoms with van der Waals surface area (Å²) in [6.07, 6.45) is 2.41. The maximum Gasteiger partial charge on any atom is 0.462 e. The van der Waals surface area contributed by atoms with Gasteiger partial charge in [0.05, 0.1) is 30.7 Å². The van der Waals surface area contributed by atoms with E-state index >= 15 is 0 Å². The van der Waals surface area contributed by atoms with Crippen LogP contribution in [0.1, 0.15) is 11.1 Å². The van der Waals surface area contributed by atoms with Gasteiger partial charge in [-0.05, 0) is 47.5 Å². The van der Waals surface area contributed by atoms with Gasteiger partial charge in [0.1, 0.15) is 11.5 Å². The highest BCUT2D eigenvalue weighted by molar-refractivity contribution is 7.63. The van der Waals surface area contributed by atoms with E-state index in [0.29, 0.717) is 29.0 Å². The van der Waals surface area contributed by atoms with Gasteiger partial charge in [-0.3, -0.25) is 0 Å². The summed E-state index contributed by atoms with van der Waals surface area (Å²) in [7, 11) is -3.63. The largest absolute Gasteiger partial charge is 0.462 e. The third kappa shape index (κ3) is 4.93. The molecule has 2 saturated heterocycles. The lowest BCUT2D eigenvalue weighted by Crippen LogP contribution is -2.14. The molecule has 2 aliphatic rings. The third-order valence-electron chi connectivity index (χ3n) is 5.10. The van der Waals surface area contributed by atoms with Crippen LogP contribution in [0.4, 0.5) is 0 Å². The number of benzene rings is 3. The first-order chi connectivity index (χ1) is 14.7. The van der Waals surface area contributed by atoms with E-state index in [0.717, 1.165) is 37.2 Å². The molecule has 0 aromatic heterocycles. The van der Waals surface area contributed by atoms with Crippen LogP contribution in [-0.2, 0) is 26.9 Å². The fourth-order valence-corrected chi connectivity index (χ4v) is 4.87. The van der Waals surface area contributed by atoms with Gasteiger partial charge in [0.2, 0.25) is 0 Å². The van der Waals surface area contributed by atoms with Gasteiger partial charge in [-0.2, -0.15) is 0 Å². The predicted octanol–water partition coefficient (Wildman–Crippen LogP) is 4.55. The van der Waals surface area contributed by atoms with Crippen LogP contribution in [0.2, 0.25) is 0 Å². The number of hydrogen-bond donors (Lipinski definition) is 0.